The maximum atomic E-state index is 12.4. The Kier molecular flexibility index (Phi) is 3.83. The highest BCUT2D eigenvalue weighted by Gasteiger charge is 2.27. The van der Waals surface area contributed by atoms with Crippen LogP contribution in [0, 0.1) is 0 Å². The van der Waals surface area contributed by atoms with Gasteiger partial charge < -0.3 is 10.3 Å². The second-order valence-electron chi connectivity index (χ2n) is 5.89. The Labute approximate surface area is 119 Å². The fourth-order valence-electron chi connectivity index (χ4n) is 3.13. The van der Waals surface area contributed by atoms with E-state index in [1.165, 1.54) is 0 Å². The molecule has 3 N–H and O–H groups in total. The predicted octanol–water partition coefficient (Wildman–Crippen LogP) is 0.768. The van der Waals surface area contributed by atoms with Gasteiger partial charge in [-0.1, -0.05) is 6.42 Å². The lowest BCUT2D eigenvalue weighted by Gasteiger charge is -2.26. The van der Waals surface area contributed by atoms with Gasteiger partial charge in [0, 0.05) is 31.2 Å². The molecule has 1 aliphatic heterocycles. The van der Waals surface area contributed by atoms with E-state index in [1.54, 1.807) is 6.20 Å². The molecule has 1 aromatic rings. The van der Waals surface area contributed by atoms with Crippen molar-refractivity contribution in [1.29, 1.82) is 0 Å². The van der Waals surface area contributed by atoms with Gasteiger partial charge in [-0.3, -0.25) is 0 Å². The van der Waals surface area contributed by atoms with E-state index in [4.69, 9.17) is 5.73 Å². The number of imidazole rings is 1. The first-order chi connectivity index (χ1) is 9.54. The molecule has 2 aliphatic rings. The van der Waals surface area contributed by atoms with E-state index in [2.05, 4.69) is 9.71 Å². The number of fused-ring (bicyclic) bond motifs is 1. The largest absolute Gasteiger partial charge is 0.333 e. The number of nitrogens with one attached hydrogen (secondary N) is 1. The molecular weight excluding hydrogens is 276 g/mol. The van der Waals surface area contributed by atoms with Gasteiger partial charge in [0.2, 0.25) is 0 Å². The van der Waals surface area contributed by atoms with Gasteiger partial charge in [0.05, 0.1) is 0 Å². The van der Waals surface area contributed by atoms with E-state index in [9.17, 15) is 8.42 Å². The molecule has 0 radical (unpaired) electrons. The lowest BCUT2D eigenvalue weighted by molar-refractivity contribution is 0.371. The lowest BCUT2D eigenvalue weighted by atomic mass is 9.92. The van der Waals surface area contributed by atoms with Gasteiger partial charge >= 0.3 is 0 Å². The molecule has 20 heavy (non-hydrogen) atoms. The first-order valence-electron chi connectivity index (χ1n) is 7.38. The van der Waals surface area contributed by atoms with Crippen LogP contribution in [0.15, 0.2) is 11.2 Å². The van der Waals surface area contributed by atoms with Crippen LogP contribution >= 0.6 is 0 Å². The molecule has 2 heterocycles. The molecule has 1 aliphatic carbocycles. The zero-order chi connectivity index (χ0) is 14.2. The SMILES string of the molecule is NC1CCCC(NS(=O)(=O)c2cn3c(n2)CCCC3)C1. The third-order valence-corrected chi connectivity index (χ3v) is 5.59. The van der Waals surface area contributed by atoms with Gasteiger partial charge in [-0.2, -0.15) is 0 Å². The highest BCUT2D eigenvalue weighted by Crippen LogP contribution is 2.21. The summed E-state index contributed by atoms with van der Waals surface area (Å²) in [6.45, 7) is 0.867. The van der Waals surface area contributed by atoms with Crippen molar-refractivity contribution in [3.63, 3.8) is 0 Å². The molecule has 0 spiro atoms. The Bertz CT molecular complexity index is 558. The summed E-state index contributed by atoms with van der Waals surface area (Å²) in [5.74, 6) is 0.886. The minimum Gasteiger partial charge on any atom is -0.333 e. The number of nitrogens with two attached hydrogens (primary N) is 1. The molecule has 0 aromatic carbocycles. The van der Waals surface area contributed by atoms with Crippen LogP contribution in [-0.4, -0.2) is 30.1 Å². The normalized spacial score (nSPS) is 27.2. The highest BCUT2D eigenvalue weighted by atomic mass is 32.2. The molecule has 0 saturated heterocycles. The zero-order valence-corrected chi connectivity index (χ0v) is 12.4. The lowest BCUT2D eigenvalue weighted by Crippen LogP contribution is -2.42. The summed E-state index contributed by atoms with van der Waals surface area (Å²) in [7, 11) is -3.51. The van der Waals surface area contributed by atoms with Crippen molar-refractivity contribution in [2.24, 2.45) is 5.73 Å². The second-order valence-corrected chi connectivity index (χ2v) is 7.55. The van der Waals surface area contributed by atoms with Gasteiger partial charge in [-0.25, -0.2) is 18.1 Å². The number of sulfonamides is 1. The van der Waals surface area contributed by atoms with Crippen molar-refractivity contribution in [1.82, 2.24) is 14.3 Å². The van der Waals surface area contributed by atoms with Gasteiger partial charge in [-0.05, 0) is 32.1 Å². The summed E-state index contributed by atoms with van der Waals surface area (Å²) in [4.78, 5) is 4.29. The highest BCUT2D eigenvalue weighted by molar-refractivity contribution is 7.89. The Hall–Kier alpha value is -0.920. The quantitative estimate of drug-likeness (QED) is 0.862. The molecule has 1 saturated carbocycles. The monoisotopic (exact) mass is 298 g/mol. The zero-order valence-electron chi connectivity index (χ0n) is 11.6. The Morgan fingerprint density at radius 2 is 2.15 bits per heavy atom. The average molecular weight is 298 g/mol. The van der Waals surface area contributed by atoms with Gasteiger partial charge in [0.15, 0.2) is 5.03 Å². The molecule has 0 amide bonds. The maximum Gasteiger partial charge on any atom is 0.259 e. The van der Waals surface area contributed by atoms with Crippen molar-refractivity contribution in [2.75, 3.05) is 0 Å². The van der Waals surface area contributed by atoms with Crippen molar-refractivity contribution >= 4 is 10.0 Å². The number of hydrogen-bond acceptors (Lipinski definition) is 4. The number of aryl methyl sites for hydroxylation is 2. The summed E-state index contributed by atoms with van der Waals surface area (Å²) >= 11 is 0. The van der Waals surface area contributed by atoms with Gasteiger partial charge in [0.25, 0.3) is 10.0 Å². The van der Waals surface area contributed by atoms with Crippen LogP contribution in [0.2, 0.25) is 0 Å². The van der Waals surface area contributed by atoms with E-state index < -0.39 is 10.0 Å². The van der Waals surface area contributed by atoms with Crippen molar-refractivity contribution in [3.8, 4) is 0 Å². The summed E-state index contributed by atoms with van der Waals surface area (Å²) in [5, 5.41) is 0.161. The number of aromatic nitrogens is 2. The van der Waals surface area contributed by atoms with Crippen molar-refractivity contribution in [3.05, 3.63) is 12.0 Å². The number of nitrogens with zero attached hydrogens (tertiary/aromatic N) is 2. The molecule has 2 unspecified atom stereocenters. The molecule has 6 nitrogen and oxygen atoms in total. The van der Waals surface area contributed by atoms with Crippen LogP contribution in [0.4, 0.5) is 0 Å². The topological polar surface area (TPSA) is 90.0 Å². The van der Waals surface area contributed by atoms with Crippen LogP contribution in [0.5, 0.6) is 0 Å². The minimum absolute atomic E-state index is 0.0533. The Morgan fingerprint density at radius 3 is 2.90 bits per heavy atom. The van der Waals surface area contributed by atoms with Gasteiger partial charge in [-0.15, -0.1) is 0 Å². The average Bonchev–Trinajstić information content (AvgIpc) is 2.82. The molecule has 1 fully saturated rings. The number of hydrogen-bond donors (Lipinski definition) is 2. The van der Waals surface area contributed by atoms with E-state index in [0.717, 1.165) is 50.9 Å². The number of rotatable bonds is 3. The fraction of sp³-hybridized carbons (Fsp3) is 0.769. The maximum absolute atomic E-state index is 12.4. The summed E-state index contributed by atoms with van der Waals surface area (Å²) in [5.41, 5.74) is 5.91. The minimum atomic E-state index is -3.51. The Balaban J connectivity index is 1.75. The van der Waals surface area contributed by atoms with Crippen LogP contribution in [0.1, 0.15) is 44.3 Å². The first kappa shape index (κ1) is 14.0. The summed E-state index contributed by atoms with van der Waals surface area (Å²) < 4.78 is 29.5. The molecule has 0 bridgehead atoms. The van der Waals surface area contributed by atoms with Crippen LogP contribution in [0.25, 0.3) is 0 Å². The first-order valence-corrected chi connectivity index (χ1v) is 8.87. The van der Waals surface area contributed by atoms with Crippen LogP contribution < -0.4 is 10.5 Å². The van der Waals surface area contributed by atoms with E-state index in [1.807, 2.05) is 4.57 Å². The summed E-state index contributed by atoms with van der Waals surface area (Å²) in [6.07, 6.45) is 8.25. The van der Waals surface area contributed by atoms with E-state index in [-0.39, 0.29) is 17.1 Å². The second kappa shape index (κ2) is 5.46. The molecular formula is C13H22N4O2S. The molecule has 1 aromatic heterocycles. The Morgan fingerprint density at radius 1 is 1.30 bits per heavy atom. The van der Waals surface area contributed by atoms with Crippen molar-refractivity contribution < 1.29 is 8.42 Å². The summed E-state index contributed by atoms with van der Waals surface area (Å²) in [6, 6.07) is 0.0501. The van der Waals surface area contributed by atoms with Crippen LogP contribution in [-0.2, 0) is 23.0 Å². The van der Waals surface area contributed by atoms with Crippen LogP contribution in [0.3, 0.4) is 0 Å². The third-order valence-electron chi connectivity index (χ3n) is 4.20. The smallest absolute Gasteiger partial charge is 0.259 e. The third kappa shape index (κ3) is 2.89. The fourth-order valence-corrected chi connectivity index (χ4v) is 4.40. The molecule has 112 valence electrons. The van der Waals surface area contributed by atoms with E-state index >= 15 is 0 Å². The standard InChI is InChI=1S/C13H22N4O2S/c14-10-4-3-5-11(8-10)16-20(18,19)13-9-17-7-2-1-6-12(17)15-13/h9-11,16H,1-8,14H2. The van der Waals surface area contributed by atoms with E-state index in [0.29, 0.717) is 6.42 Å². The molecule has 2 atom stereocenters. The molecule has 3 rings (SSSR count). The van der Waals surface area contributed by atoms with Crippen molar-refractivity contribution in [2.45, 2.75) is 68.6 Å². The molecule has 7 heteroatoms. The predicted molar refractivity (Wildman–Crippen MR) is 75.7 cm³/mol. The van der Waals surface area contributed by atoms with Gasteiger partial charge in [0.1, 0.15) is 5.82 Å².